The number of hydrogen-bond acceptors (Lipinski definition) is 5. The Bertz CT molecular complexity index is 1030. The highest BCUT2D eigenvalue weighted by atomic mass is 16.5. The molecule has 0 radical (unpaired) electrons. The number of amides is 4. The number of imide groups is 2. The molecule has 1 heterocycles. The van der Waals surface area contributed by atoms with Crippen molar-refractivity contribution in [1.29, 1.82) is 0 Å². The molecule has 3 rings (SSSR count). The van der Waals surface area contributed by atoms with E-state index in [2.05, 4.69) is 5.32 Å². The molecular formula is C22H22N2O5. The van der Waals surface area contributed by atoms with Crippen molar-refractivity contribution in [2.75, 3.05) is 19.1 Å². The summed E-state index contributed by atoms with van der Waals surface area (Å²) in [6, 6.07) is 8.02. The van der Waals surface area contributed by atoms with Gasteiger partial charge >= 0.3 is 6.03 Å². The SMILES string of the molecule is COc1ccc(OC)c(C=C2C(=O)NC(=O)N(c3c(C)cc(C)cc3C)C2=O)c1. The molecule has 1 N–H and O–H groups in total. The molecule has 1 saturated heterocycles. The number of hydrogen-bond donors (Lipinski definition) is 1. The Balaban J connectivity index is 2.13. The summed E-state index contributed by atoms with van der Waals surface area (Å²) in [7, 11) is 3.00. The van der Waals surface area contributed by atoms with Crippen LogP contribution in [0, 0.1) is 20.8 Å². The number of anilines is 1. The largest absolute Gasteiger partial charge is 0.497 e. The number of carbonyl (C=O) groups is 3. The maximum atomic E-state index is 13.2. The van der Waals surface area contributed by atoms with E-state index in [-0.39, 0.29) is 5.57 Å². The van der Waals surface area contributed by atoms with Gasteiger partial charge in [-0.15, -0.1) is 0 Å². The lowest BCUT2D eigenvalue weighted by Crippen LogP contribution is -2.54. The van der Waals surface area contributed by atoms with Crippen molar-refractivity contribution in [2.45, 2.75) is 20.8 Å². The Morgan fingerprint density at radius 2 is 1.59 bits per heavy atom. The van der Waals surface area contributed by atoms with Crippen LogP contribution >= 0.6 is 0 Å². The van der Waals surface area contributed by atoms with Crippen molar-refractivity contribution in [3.8, 4) is 11.5 Å². The number of carbonyl (C=O) groups excluding carboxylic acids is 3. The van der Waals surface area contributed by atoms with Gasteiger partial charge < -0.3 is 9.47 Å². The van der Waals surface area contributed by atoms with Gasteiger partial charge in [0.2, 0.25) is 0 Å². The van der Waals surface area contributed by atoms with Crippen molar-refractivity contribution in [3.63, 3.8) is 0 Å². The van der Waals surface area contributed by atoms with Crippen LogP contribution in [-0.2, 0) is 9.59 Å². The zero-order valence-corrected chi connectivity index (χ0v) is 17.0. The first kappa shape index (κ1) is 20.1. The molecule has 0 saturated carbocycles. The Kier molecular flexibility index (Phi) is 5.41. The third-order valence-corrected chi connectivity index (χ3v) is 4.70. The fourth-order valence-corrected chi connectivity index (χ4v) is 3.49. The van der Waals surface area contributed by atoms with E-state index in [1.165, 1.54) is 20.3 Å². The fraction of sp³-hybridized carbons (Fsp3) is 0.227. The third-order valence-electron chi connectivity index (χ3n) is 4.70. The summed E-state index contributed by atoms with van der Waals surface area (Å²) in [6.45, 7) is 5.58. The van der Waals surface area contributed by atoms with Crippen molar-refractivity contribution in [1.82, 2.24) is 5.32 Å². The average Bonchev–Trinajstić information content (AvgIpc) is 2.66. The molecule has 1 fully saturated rings. The van der Waals surface area contributed by atoms with Gasteiger partial charge in [0.05, 0.1) is 19.9 Å². The zero-order valence-electron chi connectivity index (χ0n) is 17.0. The maximum absolute atomic E-state index is 13.2. The van der Waals surface area contributed by atoms with Crippen LogP contribution in [0.25, 0.3) is 6.08 Å². The van der Waals surface area contributed by atoms with Gasteiger partial charge in [-0.1, -0.05) is 17.7 Å². The molecule has 2 aromatic rings. The summed E-state index contributed by atoms with van der Waals surface area (Å²) in [5, 5.41) is 2.25. The number of aryl methyl sites for hydroxylation is 3. The van der Waals surface area contributed by atoms with E-state index in [4.69, 9.17) is 9.47 Å². The zero-order chi connectivity index (χ0) is 21.3. The second-order valence-electron chi connectivity index (χ2n) is 6.81. The van der Waals surface area contributed by atoms with E-state index >= 15 is 0 Å². The van der Waals surface area contributed by atoms with Crippen LogP contribution in [0.15, 0.2) is 35.9 Å². The van der Waals surface area contributed by atoms with E-state index in [9.17, 15) is 14.4 Å². The van der Waals surface area contributed by atoms with Gasteiger partial charge in [-0.3, -0.25) is 14.9 Å². The molecule has 7 heteroatoms. The van der Waals surface area contributed by atoms with E-state index < -0.39 is 17.8 Å². The Morgan fingerprint density at radius 1 is 0.931 bits per heavy atom. The molecule has 0 aliphatic carbocycles. The molecule has 1 aliphatic heterocycles. The molecule has 29 heavy (non-hydrogen) atoms. The monoisotopic (exact) mass is 394 g/mol. The second-order valence-corrected chi connectivity index (χ2v) is 6.81. The van der Waals surface area contributed by atoms with Crippen LogP contribution in [-0.4, -0.2) is 32.1 Å². The Hall–Kier alpha value is -3.61. The number of nitrogens with one attached hydrogen (secondary N) is 1. The van der Waals surface area contributed by atoms with Crippen LogP contribution < -0.4 is 19.7 Å². The third kappa shape index (κ3) is 3.71. The summed E-state index contributed by atoms with van der Waals surface area (Å²) < 4.78 is 10.5. The number of urea groups is 1. The first-order chi connectivity index (χ1) is 13.8. The molecule has 0 bridgehead atoms. The van der Waals surface area contributed by atoms with E-state index in [0.717, 1.165) is 21.6 Å². The van der Waals surface area contributed by atoms with E-state index in [1.54, 1.807) is 18.2 Å². The summed E-state index contributed by atoms with van der Waals surface area (Å²) >= 11 is 0. The molecule has 0 spiro atoms. The molecule has 4 amide bonds. The summed E-state index contributed by atoms with van der Waals surface area (Å²) in [5.41, 5.74) is 3.32. The van der Waals surface area contributed by atoms with Gasteiger partial charge in [-0.2, -0.15) is 0 Å². The summed E-state index contributed by atoms with van der Waals surface area (Å²) in [5.74, 6) is -0.452. The summed E-state index contributed by atoms with van der Waals surface area (Å²) in [6.07, 6.45) is 1.40. The van der Waals surface area contributed by atoms with Crippen LogP contribution in [0.4, 0.5) is 10.5 Å². The molecule has 0 aromatic heterocycles. The first-order valence-corrected chi connectivity index (χ1v) is 8.98. The Morgan fingerprint density at radius 3 is 2.17 bits per heavy atom. The number of benzene rings is 2. The molecular weight excluding hydrogens is 372 g/mol. The van der Waals surface area contributed by atoms with Gasteiger partial charge in [0.1, 0.15) is 17.1 Å². The normalized spacial score (nSPS) is 15.6. The standard InChI is InChI=1S/C22H22N2O5/c1-12-8-13(2)19(14(3)9-12)24-21(26)17(20(25)23-22(24)27)11-15-10-16(28-4)6-7-18(15)29-5/h6-11H,1-5H3,(H,23,25,27). The van der Waals surface area contributed by atoms with E-state index in [1.807, 2.05) is 32.9 Å². The minimum absolute atomic E-state index is 0.171. The maximum Gasteiger partial charge on any atom is 0.335 e. The number of rotatable bonds is 4. The molecule has 1 aliphatic rings. The predicted octanol–water partition coefficient (Wildman–Crippen LogP) is 3.30. The van der Waals surface area contributed by atoms with Crippen molar-refractivity contribution in [3.05, 3.63) is 58.2 Å². The highest BCUT2D eigenvalue weighted by Gasteiger charge is 2.38. The predicted molar refractivity (Wildman–Crippen MR) is 109 cm³/mol. The molecule has 7 nitrogen and oxygen atoms in total. The van der Waals surface area contributed by atoms with Crippen molar-refractivity contribution < 1.29 is 23.9 Å². The number of nitrogens with zero attached hydrogens (tertiary/aromatic N) is 1. The highest BCUT2D eigenvalue weighted by Crippen LogP contribution is 2.31. The minimum atomic E-state index is -0.773. The van der Waals surface area contributed by atoms with Gasteiger partial charge in [-0.05, 0) is 56.2 Å². The van der Waals surface area contributed by atoms with Crippen LogP contribution in [0.3, 0.4) is 0 Å². The average molecular weight is 394 g/mol. The molecule has 0 unspecified atom stereocenters. The molecule has 0 atom stereocenters. The van der Waals surface area contributed by atoms with Crippen LogP contribution in [0.5, 0.6) is 11.5 Å². The second kappa shape index (κ2) is 7.79. The topological polar surface area (TPSA) is 84.9 Å². The molecule has 2 aromatic carbocycles. The smallest absolute Gasteiger partial charge is 0.335 e. The summed E-state index contributed by atoms with van der Waals surface area (Å²) in [4.78, 5) is 39.2. The highest BCUT2D eigenvalue weighted by molar-refractivity contribution is 6.39. The van der Waals surface area contributed by atoms with Crippen molar-refractivity contribution >= 4 is 29.6 Å². The lowest BCUT2D eigenvalue weighted by Gasteiger charge is -2.29. The fourth-order valence-electron chi connectivity index (χ4n) is 3.49. The van der Waals surface area contributed by atoms with E-state index in [0.29, 0.717) is 22.7 Å². The number of methoxy groups -OCH3 is 2. The number of ether oxygens (including phenoxy) is 2. The first-order valence-electron chi connectivity index (χ1n) is 8.98. The van der Waals surface area contributed by atoms with Crippen LogP contribution in [0.2, 0.25) is 0 Å². The lowest BCUT2D eigenvalue weighted by molar-refractivity contribution is -0.122. The van der Waals surface area contributed by atoms with Crippen molar-refractivity contribution in [2.24, 2.45) is 0 Å². The van der Waals surface area contributed by atoms with Gasteiger partial charge in [-0.25, -0.2) is 9.69 Å². The van der Waals surface area contributed by atoms with Gasteiger partial charge in [0.25, 0.3) is 11.8 Å². The lowest BCUT2D eigenvalue weighted by atomic mass is 10.0. The molecule has 150 valence electrons. The quantitative estimate of drug-likeness (QED) is 0.635. The minimum Gasteiger partial charge on any atom is -0.497 e. The van der Waals surface area contributed by atoms with Gasteiger partial charge in [0, 0.05) is 5.56 Å². The van der Waals surface area contributed by atoms with Crippen LogP contribution in [0.1, 0.15) is 22.3 Å². The number of barbiturate groups is 1. The van der Waals surface area contributed by atoms with Gasteiger partial charge in [0.15, 0.2) is 0 Å². The Labute approximate surface area is 168 Å².